The van der Waals surface area contributed by atoms with Crippen molar-refractivity contribution in [1.29, 1.82) is 0 Å². The van der Waals surface area contributed by atoms with Crippen LogP contribution in [0.15, 0.2) is 66.7 Å². The molecule has 0 fully saturated rings. The Morgan fingerprint density at radius 3 is 1.84 bits per heavy atom. The summed E-state index contributed by atoms with van der Waals surface area (Å²) in [7, 11) is 4.59. The van der Waals surface area contributed by atoms with E-state index >= 15 is 0 Å². The van der Waals surface area contributed by atoms with Crippen LogP contribution in [0.25, 0.3) is 6.08 Å². The van der Waals surface area contributed by atoms with Crippen LogP contribution in [-0.2, 0) is 0 Å². The molecule has 3 aromatic rings. The second kappa shape index (κ2) is 10.3. The Hall–Kier alpha value is -4.06. The lowest BCUT2D eigenvalue weighted by Crippen LogP contribution is -2.08. The summed E-state index contributed by atoms with van der Waals surface area (Å²) in [5.74, 6) is 1.19. The summed E-state index contributed by atoms with van der Waals surface area (Å²) >= 11 is 0. The molecule has 0 spiro atoms. The van der Waals surface area contributed by atoms with Crippen LogP contribution < -0.4 is 18.9 Å². The molecule has 0 saturated carbocycles. The van der Waals surface area contributed by atoms with Gasteiger partial charge in [0.15, 0.2) is 17.3 Å². The van der Waals surface area contributed by atoms with E-state index in [0.717, 1.165) is 11.1 Å². The van der Waals surface area contributed by atoms with E-state index in [-0.39, 0.29) is 5.78 Å². The number of benzene rings is 3. The molecule has 0 atom stereocenters. The van der Waals surface area contributed by atoms with Crippen LogP contribution in [0, 0.1) is 6.92 Å². The fraction of sp³-hybridized carbons (Fsp3) is 0.154. The Bertz CT molecular complexity index is 1100. The van der Waals surface area contributed by atoms with Gasteiger partial charge >= 0.3 is 5.97 Å². The van der Waals surface area contributed by atoms with Crippen molar-refractivity contribution in [3.8, 4) is 23.0 Å². The van der Waals surface area contributed by atoms with Gasteiger partial charge in [-0.15, -0.1) is 0 Å². The van der Waals surface area contributed by atoms with Crippen LogP contribution >= 0.6 is 0 Å². The number of carbonyl (C=O) groups is 2. The van der Waals surface area contributed by atoms with Gasteiger partial charge in [-0.1, -0.05) is 23.8 Å². The van der Waals surface area contributed by atoms with Gasteiger partial charge in [-0.3, -0.25) is 4.79 Å². The molecule has 0 bridgehead atoms. The van der Waals surface area contributed by atoms with Gasteiger partial charge in [0.25, 0.3) is 0 Å². The summed E-state index contributed by atoms with van der Waals surface area (Å²) in [6.07, 6.45) is 3.12. The SMILES string of the molecule is COc1cc(/C=C/C(=O)c2ccc(OC(=O)c3ccc(C)cc3)cc2)cc(OC)c1OC. The molecule has 0 N–H and O–H groups in total. The first-order valence-corrected chi connectivity index (χ1v) is 9.86. The summed E-state index contributed by atoms with van der Waals surface area (Å²) in [4.78, 5) is 24.8. The monoisotopic (exact) mass is 432 g/mol. The second-order valence-electron chi connectivity index (χ2n) is 6.94. The average Bonchev–Trinajstić information content (AvgIpc) is 2.82. The van der Waals surface area contributed by atoms with Crippen molar-refractivity contribution >= 4 is 17.8 Å². The molecule has 0 heterocycles. The largest absolute Gasteiger partial charge is 0.493 e. The lowest BCUT2D eigenvalue weighted by Gasteiger charge is -2.12. The first kappa shape index (κ1) is 22.6. The highest BCUT2D eigenvalue weighted by molar-refractivity contribution is 6.07. The van der Waals surface area contributed by atoms with E-state index < -0.39 is 5.97 Å². The van der Waals surface area contributed by atoms with Crippen LogP contribution in [0.4, 0.5) is 0 Å². The molecule has 0 unspecified atom stereocenters. The Morgan fingerprint density at radius 1 is 0.750 bits per heavy atom. The van der Waals surface area contributed by atoms with Gasteiger partial charge in [0.05, 0.1) is 26.9 Å². The third-order valence-electron chi connectivity index (χ3n) is 4.75. The van der Waals surface area contributed by atoms with Gasteiger partial charge in [-0.2, -0.15) is 0 Å². The zero-order valence-electron chi connectivity index (χ0n) is 18.4. The molecule has 164 valence electrons. The lowest BCUT2D eigenvalue weighted by atomic mass is 10.1. The van der Waals surface area contributed by atoms with E-state index in [0.29, 0.717) is 34.1 Å². The number of carbonyl (C=O) groups excluding carboxylic acids is 2. The Kier molecular flexibility index (Phi) is 7.29. The quantitative estimate of drug-likeness (QED) is 0.213. The zero-order chi connectivity index (χ0) is 23.1. The number of aryl methyl sites for hydroxylation is 1. The van der Waals surface area contributed by atoms with Gasteiger partial charge in [0, 0.05) is 5.56 Å². The molecule has 0 amide bonds. The fourth-order valence-electron chi connectivity index (χ4n) is 3.01. The Morgan fingerprint density at radius 2 is 1.31 bits per heavy atom. The van der Waals surface area contributed by atoms with Crippen molar-refractivity contribution in [2.75, 3.05) is 21.3 Å². The van der Waals surface area contributed by atoms with E-state index in [9.17, 15) is 9.59 Å². The number of ketones is 1. The highest BCUT2D eigenvalue weighted by Gasteiger charge is 2.13. The van der Waals surface area contributed by atoms with Crippen molar-refractivity contribution < 1.29 is 28.5 Å². The maximum atomic E-state index is 12.6. The predicted octanol–water partition coefficient (Wildman–Crippen LogP) is 5.14. The molecule has 32 heavy (non-hydrogen) atoms. The van der Waals surface area contributed by atoms with Crippen molar-refractivity contribution in [2.45, 2.75) is 6.92 Å². The number of methoxy groups -OCH3 is 3. The van der Waals surface area contributed by atoms with E-state index in [2.05, 4.69) is 0 Å². The molecule has 6 nitrogen and oxygen atoms in total. The molecule has 3 aromatic carbocycles. The van der Waals surface area contributed by atoms with Crippen molar-refractivity contribution in [2.24, 2.45) is 0 Å². The molecule has 0 aliphatic carbocycles. The molecule has 0 radical (unpaired) electrons. The van der Waals surface area contributed by atoms with Crippen LogP contribution in [0.5, 0.6) is 23.0 Å². The minimum absolute atomic E-state index is 0.199. The summed E-state index contributed by atoms with van der Waals surface area (Å²) in [5.41, 5.74) is 2.70. The van der Waals surface area contributed by atoms with Gasteiger partial charge in [-0.05, 0) is 67.1 Å². The molecular formula is C26H24O6. The number of esters is 1. The average molecular weight is 432 g/mol. The van der Waals surface area contributed by atoms with Crippen LogP contribution in [0.2, 0.25) is 0 Å². The molecule has 0 aliphatic rings. The Balaban J connectivity index is 1.70. The van der Waals surface area contributed by atoms with E-state index in [1.54, 1.807) is 54.6 Å². The maximum absolute atomic E-state index is 12.6. The molecule has 0 aromatic heterocycles. The second-order valence-corrected chi connectivity index (χ2v) is 6.94. The smallest absolute Gasteiger partial charge is 0.343 e. The highest BCUT2D eigenvalue weighted by atomic mass is 16.5. The number of rotatable bonds is 8. The minimum atomic E-state index is -0.452. The zero-order valence-corrected chi connectivity index (χ0v) is 18.4. The van der Waals surface area contributed by atoms with E-state index in [4.69, 9.17) is 18.9 Å². The van der Waals surface area contributed by atoms with Gasteiger partial charge in [-0.25, -0.2) is 4.79 Å². The predicted molar refractivity (Wildman–Crippen MR) is 122 cm³/mol. The van der Waals surface area contributed by atoms with Crippen LogP contribution in [0.1, 0.15) is 31.8 Å². The molecule has 0 saturated heterocycles. The summed E-state index contributed by atoms with van der Waals surface area (Å²) in [6, 6.07) is 17.0. The van der Waals surface area contributed by atoms with Gasteiger partial charge in [0.1, 0.15) is 5.75 Å². The normalized spacial score (nSPS) is 10.6. The summed E-state index contributed by atoms with van der Waals surface area (Å²) in [6.45, 7) is 1.95. The number of ether oxygens (including phenoxy) is 4. The van der Waals surface area contributed by atoms with Gasteiger partial charge < -0.3 is 18.9 Å². The molecule has 6 heteroatoms. The van der Waals surface area contributed by atoms with Gasteiger partial charge in [0.2, 0.25) is 5.75 Å². The lowest BCUT2D eigenvalue weighted by molar-refractivity contribution is 0.0734. The Labute approximate surface area is 187 Å². The van der Waals surface area contributed by atoms with Crippen molar-refractivity contribution in [3.63, 3.8) is 0 Å². The summed E-state index contributed by atoms with van der Waals surface area (Å²) < 4.78 is 21.3. The van der Waals surface area contributed by atoms with E-state index in [1.165, 1.54) is 27.4 Å². The minimum Gasteiger partial charge on any atom is -0.493 e. The standard InChI is InChI=1S/C26H24O6/c1-17-5-8-20(9-6-17)26(28)32-21-12-10-19(11-13-21)22(27)14-7-18-15-23(29-2)25(31-4)24(16-18)30-3/h5-16H,1-4H3/b14-7+. The van der Waals surface area contributed by atoms with Crippen LogP contribution in [-0.4, -0.2) is 33.1 Å². The first-order valence-electron chi connectivity index (χ1n) is 9.86. The topological polar surface area (TPSA) is 71.1 Å². The van der Waals surface area contributed by atoms with Crippen molar-refractivity contribution in [3.05, 3.63) is 89.0 Å². The highest BCUT2D eigenvalue weighted by Crippen LogP contribution is 2.38. The number of hydrogen-bond acceptors (Lipinski definition) is 6. The third kappa shape index (κ3) is 5.35. The third-order valence-corrected chi connectivity index (χ3v) is 4.75. The maximum Gasteiger partial charge on any atom is 0.343 e. The molecular weight excluding hydrogens is 408 g/mol. The molecule has 3 rings (SSSR count). The van der Waals surface area contributed by atoms with Crippen LogP contribution in [0.3, 0.4) is 0 Å². The number of hydrogen-bond donors (Lipinski definition) is 0. The van der Waals surface area contributed by atoms with Crippen molar-refractivity contribution in [1.82, 2.24) is 0 Å². The summed E-state index contributed by atoms with van der Waals surface area (Å²) in [5, 5.41) is 0. The van der Waals surface area contributed by atoms with E-state index in [1.807, 2.05) is 19.1 Å². The molecule has 0 aliphatic heterocycles. The first-order chi connectivity index (χ1) is 15.4. The fourth-order valence-corrected chi connectivity index (χ4v) is 3.01. The number of allylic oxidation sites excluding steroid dienone is 1.